The number of nitrogen functional groups attached to an aromatic ring is 1. The number of anilines is 2. The van der Waals surface area contributed by atoms with E-state index in [9.17, 15) is 9.59 Å². The lowest BCUT2D eigenvalue weighted by molar-refractivity contribution is -0.121. The summed E-state index contributed by atoms with van der Waals surface area (Å²) in [5.41, 5.74) is 9.49. The van der Waals surface area contributed by atoms with Gasteiger partial charge in [-0.1, -0.05) is 47.3 Å². The lowest BCUT2D eigenvalue weighted by Crippen LogP contribution is -2.40. The number of fused-ring (bicyclic) bond motifs is 1. The summed E-state index contributed by atoms with van der Waals surface area (Å²) >= 11 is 12.2. The van der Waals surface area contributed by atoms with E-state index >= 15 is 0 Å². The minimum Gasteiger partial charge on any atom is -0.398 e. The first-order chi connectivity index (χ1) is 15.8. The molecule has 3 aromatic rings. The van der Waals surface area contributed by atoms with Crippen LogP contribution >= 0.6 is 23.2 Å². The van der Waals surface area contributed by atoms with Crippen LogP contribution in [-0.4, -0.2) is 16.7 Å². The predicted molar refractivity (Wildman–Crippen MR) is 132 cm³/mol. The zero-order valence-corrected chi connectivity index (χ0v) is 19.5. The van der Waals surface area contributed by atoms with Gasteiger partial charge in [0.05, 0.1) is 17.3 Å². The third kappa shape index (κ3) is 4.41. The third-order valence-electron chi connectivity index (χ3n) is 5.64. The van der Waals surface area contributed by atoms with E-state index in [4.69, 9.17) is 28.9 Å². The van der Waals surface area contributed by atoms with Crippen LogP contribution in [-0.2, 0) is 4.79 Å². The summed E-state index contributed by atoms with van der Waals surface area (Å²) in [5.74, 6) is 5.16. The highest BCUT2D eigenvalue weighted by Crippen LogP contribution is 2.39. The van der Waals surface area contributed by atoms with Gasteiger partial charge in [0.25, 0.3) is 11.8 Å². The van der Waals surface area contributed by atoms with Gasteiger partial charge in [-0.3, -0.25) is 9.59 Å². The molecule has 1 aliphatic heterocycles. The second kappa shape index (κ2) is 9.19. The van der Waals surface area contributed by atoms with E-state index in [-0.39, 0.29) is 11.8 Å². The molecule has 0 saturated carbocycles. The Morgan fingerprint density at radius 2 is 1.70 bits per heavy atom. The number of halogens is 2. The highest BCUT2D eigenvalue weighted by Gasteiger charge is 2.40. The summed E-state index contributed by atoms with van der Waals surface area (Å²) in [6.07, 6.45) is 0. The number of benzene rings is 3. The maximum absolute atomic E-state index is 14.0. The zero-order valence-electron chi connectivity index (χ0n) is 18.0. The minimum absolute atomic E-state index is 0.315. The van der Waals surface area contributed by atoms with Gasteiger partial charge in [0.15, 0.2) is 0 Å². The Labute approximate surface area is 202 Å². The summed E-state index contributed by atoms with van der Waals surface area (Å²) in [4.78, 5) is 29.0. The van der Waals surface area contributed by atoms with Crippen molar-refractivity contribution < 1.29 is 9.59 Å². The second-order valence-electron chi connectivity index (χ2n) is 7.74. The topological polar surface area (TPSA) is 75.4 Å². The number of nitrogens with zero attached hydrogens (tertiary/aromatic N) is 1. The van der Waals surface area contributed by atoms with Gasteiger partial charge in [-0.05, 0) is 67.4 Å². The Morgan fingerprint density at radius 3 is 2.36 bits per heavy atom. The van der Waals surface area contributed by atoms with Crippen molar-refractivity contribution in [2.24, 2.45) is 0 Å². The molecule has 0 aromatic heterocycles. The summed E-state index contributed by atoms with van der Waals surface area (Å²) in [5, 5.41) is 3.94. The first kappa shape index (κ1) is 22.7. The molecule has 0 bridgehead atoms. The van der Waals surface area contributed by atoms with Crippen LogP contribution in [0.25, 0.3) is 0 Å². The van der Waals surface area contributed by atoms with Crippen molar-refractivity contribution in [2.45, 2.75) is 25.9 Å². The molecule has 0 aliphatic carbocycles. The van der Waals surface area contributed by atoms with Gasteiger partial charge < -0.3 is 16.0 Å². The molecule has 166 valence electrons. The summed E-state index contributed by atoms with van der Waals surface area (Å²) in [7, 11) is 0. The Kier molecular flexibility index (Phi) is 6.33. The first-order valence-corrected chi connectivity index (χ1v) is 11.1. The van der Waals surface area contributed by atoms with Gasteiger partial charge in [0.1, 0.15) is 6.04 Å². The predicted octanol–water partition coefficient (Wildman–Crippen LogP) is 5.84. The minimum atomic E-state index is -0.909. The molecule has 0 saturated heterocycles. The van der Waals surface area contributed by atoms with E-state index in [0.717, 1.165) is 0 Å². The van der Waals surface area contributed by atoms with Gasteiger partial charge in [-0.15, -0.1) is 5.92 Å². The molecule has 3 aromatic carbocycles. The van der Waals surface area contributed by atoms with E-state index in [2.05, 4.69) is 17.2 Å². The van der Waals surface area contributed by atoms with Gasteiger partial charge >= 0.3 is 0 Å². The number of amides is 2. The molecule has 0 spiro atoms. The van der Waals surface area contributed by atoms with E-state index in [1.807, 2.05) is 6.92 Å². The van der Waals surface area contributed by atoms with Crippen LogP contribution in [0.4, 0.5) is 11.4 Å². The fraction of sp³-hybridized carbons (Fsp3) is 0.154. The molecule has 0 fully saturated rings. The van der Waals surface area contributed by atoms with Crippen molar-refractivity contribution >= 4 is 46.4 Å². The number of nitrogens with two attached hydrogens (primary N) is 1. The van der Waals surface area contributed by atoms with Crippen molar-refractivity contribution in [1.29, 1.82) is 0 Å². The fourth-order valence-corrected chi connectivity index (χ4v) is 4.38. The number of hydrogen-bond acceptors (Lipinski definition) is 3. The van der Waals surface area contributed by atoms with E-state index < -0.39 is 12.1 Å². The van der Waals surface area contributed by atoms with Crippen LogP contribution in [0.5, 0.6) is 0 Å². The molecule has 1 aliphatic rings. The van der Waals surface area contributed by atoms with E-state index in [1.165, 1.54) is 0 Å². The van der Waals surface area contributed by atoms with Crippen LogP contribution in [0.2, 0.25) is 10.0 Å². The average molecular weight is 478 g/mol. The fourth-order valence-electron chi connectivity index (χ4n) is 4.07. The van der Waals surface area contributed by atoms with Gasteiger partial charge in [0, 0.05) is 21.3 Å². The summed E-state index contributed by atoms with van der Waals surface area (Å²) in [6, 6.07) is 15.7. The normalized spacial score (nSPS) is 16.2. The Morgan fingerprint density at radius 1 is 1.00 bits per heavy atom. The number of carbonyl (C=O) groups excluding carboxylic acids is 2. The Balaban J connectivity index is 1.91. The van der Waals surface area contributed by atoms with Gasteiger partial charge in [-0.25, -0.2) is 0 Å². The maximum Gasteiger partial charge on any atom is 0.257 e. The molecule has 2 amide bonds. The van der Waals surface area contributed by atoms with Crippen molar-refractivity contribution in [3.63, 3.8) is 0 Å². The highest BCUT2D eigenvalue weighted by atomic mass is 35.5. The average Bonchev–Trinajstić information content (AvgIpc) is 2.88. The molecule has 4 rings (SSSR count). The standard InChI is InChI=1S/C26H21Cl2N3O2/c1-3-4-16-5-12-23-21(13-16)26(33)31(15(2)20-11-10-19(28)14-22(20)29)24(25(32)30-23)17-6-8-18(27)9-7-17/h5-15,24H,29H2,1-2H3,(H,30,32). The van der Waals surface area contributed by atoms with Crippen molar-refractivity contribution in [2.75, 3.05) is 11.1 Å². The largest absolute Gasteiger partial charge is 0.398 e. The van der Waals surface area contributed by atoms with Gasteiger partial charge in [-0.2, -0.15) is 0 Å². The monoisotopic (exact) mass is 477 g/mol. The first-order valence-electron chi connectivity index (χ1n) is 10.3. The van der Waals surface area contributed by atoms with Crippen LogP contribution in [0, 0.1) is 11.8 Å². The number of carbonyl (C=O) groups is 2. The molecule has 2 atom stereocenters. The zero-order chi connectivity index (χ0) is 23.7. The summed E-state index contributed by atoms with van der Waals surface area (Å²) < 4.78 is 0. The molecule has 5 nitrogen and oxygen atoms in total. The molecule has 7 heteroatoms. The maximum atomic E-state index is 14.0. The number of rotatable bonds is 3. The van der Waals surface area contributed by atoms with E-state index in [0.29, 0.717) is 43.7 Å². The highest BCUT2D eigenvalue weighted by molar-refractivity contribution is 6.31. The van der Waals surface area contributed by atoms with E-state index in [1.54, 1.807) is 72.5 Å². The molecule has 3 N–H and O–H groups in total. The molecular weight excluding hydrogens is 457 g/mol. The Bertz CT molecular complexity index is 1310. The Hall–Kier alpha value is -3.46. The van der Waals surface area contributed by atoms with Crippen molar-refractivity contribution in [1.82, 2.24) is 4.90 Å². The van der Waals surface area contributed by atoms with Crippen LogP contribution in [0.15, 0.2) is 60.7 Å². The lowest BCUT2D eigenvalue weighted by Gasteiger charge is -2.35. The smallest absolute Gasteiger partial charge is 0.257 e. The third-order valence-corrected chi connectivity index (χ3v) is 6.13. The van der Waals surface area contributed by atoms with Crippen LogP contribution in [0.1, 0.15) is 53.0 Å². The van der Waals surface area contributed by atoms with Crippen LogP contribution in [0.3, 0.4) is 0 Å². The van der Waals surface area contributed by atoms with Crippen LogP contribution < -0.4 is 11.1 Å². The number of nitrogens with one attached hydrogen (secondary N) is 1. The quantitative estimate of drug-likeness (QED) is 0.367. The molecule has 1 heterocycles. The lowest BCUT2D eigenvalue weighted by atomic mass is 9.97. The summed E-state index contributed by atoms with van der Waals surface area (Å²) in [6.45, 7) is 3.57. The van der Waals surface area contributed by atoms with Crippen molar-refractivity contribution in [3.8, 4) is 11.8 Å². The molecular formula is C26H21Cl2N3O2. The SMILES string of the molecule is CC#Cc1ccc2c(c1)C(=O)N(C(C)c1ccc(Cl)cc1N)C(c1ccc(Cl)cc1)C(=O)N2. The molecule has 0 radical (unpaired) electrons. The van der Waals surface area contributed by atoms with Gasteiger partial charge in [0.2, 0.25) is 0 Å². The number of hydrogen-bond donors (Lipinski definition) is 2. The second-order valence-corrected chi connectivity index (χ2v) is 8.61. The molecule has 33 heavy (non-hydrogen) atoms. The van der Waals surface area contributed by atoms with Crippen molar-refractivity contribution in [3.05, 3.63) is 93.0 Å². The molecule has 2 unspecified atom stereocenters.